The number of carbonyl (C=O) groups excluding carboxylic acids is 3. The molecule has 1 unspecified atom stereocenters. The molecule has 3 saturated heterocycles. The molecule has 0 bridgehead atoms. The third kappa shape index (κ3) is 7.39. The van der Waals surface area contributed by atoms with E-state index in [-0.39, 0.29) is 24.0 Å². The van der Waals surface area contributed by atoms with Gasteiger partial charge in [-0.25, -0.2) is 9.59 Å². The summed E-state index contributed by atoms with van der Waals surface area (Å²) in [6, 6.07) is 13.3. The number of halogens is 1. The number of likely N-dealkylation sites (N-methyl/N-ethyl adjacent to an activating group) is 1. The largest absolute Gasteiger partial charge is 0.341 e. The summed E-state index contributed by atoms with van der Waals surface area (Å²) in [6.07, 6.45) is 3.71. The molecule has 4 aliphatic heterocycles. The number of hydrogen-bond acceptors (Lipinski definition) is 5. The zero-order valence-corrected chi connectivity index (χ0v) is 27.3. The lowest BCUT2D eigenvalue weighted by molar-refractivity contribution is -0.135. The lowest BCUT2D eigenvalue weighted by atomic mass is 9.99. The van der Waals surface area contributed by atoms with Crippen molar-refractivity contribution in [1.29, 1.82) is 0 Å². The van der Waals surface area contributed by atoms with Gasteiger partial charge in [0.25, 0.3) is 0 Å². The number of para-hydroxylation sites is 1. The van der Waals surface area contributed by atoms with Crippen molar-refractivity contribution in [2.45, 2.75) is 63.7 Å². The zero-order valence-electron chi connectivity index (χ0n) is 26.5. The number of urea groups is 2. The smallest absolute Gasteiger partial charge is 0.322 e. The first-order valence-electron chi connectivity index (χ1n) is 16.4. The normalized spacial score (nSPS) is 21.3. The minimum atomic E-state index is -0.666. The van der Waals surface area contributed by atoms with Crippen LogP contribution in [0.15, 0.2) is 42.5 Å². The Morgan fingerprint density at radius 2 is 1.58 bits per heavy atom. The predicted molar refractivity (Wildman–Crippen MR) is 176 cm³/mol. The molecule has 0 radical (unpaired) electrons. The van der Waals surface area contributed by atoms with E-state index in [1.54, 1.807) is 4.90 Å². The van der Waals surface area contributed by atoms with Crippen molar-refractivity contribution in [3.63, 3.8) is 0 Å². The fourth-order valence-corrected chi connectivity index (χ4v) is 7.38. The maximum absolute atomic E-state index is 14.0. The Labute approximate surface area is 271 Å². The van der Waals surface area contributed by atoms with Crippen LogP contribution in [0.5, 0.6) is 0 Å². The number of piperidine rings is 2. The molecule has 4 aliphatic rings. The molecule has 2 aromatic carbocycles. The number of rotatable bonds is 6. The second-order valence-corrected chi connectivity index (χ2v) is 13.5. The fourth-order valence-electron chi connectivity index (χ4n) is 7.27. The maximum atomic E-state index is 14.0. The summed E-state index contributed by atoms with van der Waals surface area (Å²) >= 11 is 6.29. The summed E-state index contributed by atoms with van der Waals surface area (Å²) in [4.78, 5) is 51.0. The Bertz CT molecular complexity index is 1380. The number of fused-ring (bicyclic) bond motifs is 1. The van der Waals surface area contributed by atoms with Crippen LogP contribution in [0, 0.1) is 6.92 Å². The number of hydrogen-bond donors (Lipinski definition) is 2. The molecule has 45 heavy (non-hydrogen) atoms. The average Bonchev–Trinajstić information content (AvgIpc) is 3.06. The van der Waals surface area contributed by atoms with E-state index < -0.39 is 6.04 Å². The van der Waals surface area contributed by atoms with Gasteiger partial charge in [0.05, 0.1) is 0 Å². The fraction of sp³-hybridized carbons (Fsp3) is 0.559. The molecule has 0 aliphatic carbocycles. The van der Waals surface area contributed by atoms with E-state index in [9.17, 15) is 14.4 Å². The van der Waals surface area contributed by atoms with E-state index in [0.29, 0.717) is 63.1 Å². The lowest BCUT2D eigenvalue weighted by Gasteiger charge is -2.43. The summed E-state index contributed by atoms with van der Waals surface area (Å²) in [5, 5.41) is 6.81. The minimum absolute atomic E-state index is 0.0219. The Morgan fingerprint density at radius 3 is 2.29 bits per heavy atom. The quantitative estimate of drug-likeness (QED) is 0.501. The number of piperazine rings is 1. The summed E-state index contributed by atoms with van der Waals surface area (Å²) < 4.78 is 0. The Balaban J connectivity index is 1.07. The van der Waals surface area contributed by atoms with Crippen molar-refractivity contribution in [1.82, 2.24) is 29.8 Å². The van der Waals surface area contributed by atoms with Crippen LogP contribution in [-0.4, -0.2) is 120 Å². The first-order chi connectivity index (χ1) is 21.7. The molecule has 2 N–H and O–H groups in total. The number of amides is 5. The van der Waals surface area contributed by atoms with Gasteiger partial charge in [0.2, 0.25) is 5.91 Å². The maximum Gasteiger partial charge on any atom is 0.322 e. The molecule has 0 spiro atoms. The molecule has 5 amide bonds. The Hall–Kier alpha value is -3.34. The number of benzene rings is 2. The number of anilines is 1. The molecule has 6 rings (SSSR count). The van der Waals surface area contributed by atoms with E-state index in [0.717, 1.165) is 61.4 Å². The Morgan fingerprint density at radius 1 is 0.911 bits per heavy atom. The number of nitrogens with one attached hydrogen (secondary N) is 2. The van der Waals surface area contributed by atoms with Gasteiger partial charge in [0, 0.05) is 88.1 Å². The summed E-state index contributed by atoms with van der Waals surface area (Å²) in [7, 11) is 2.17. The topological polar surface area (TPSA) is 91.5 Å². The number of aryl methyl sites for hydroxylation is 1. The molecular weight excluding hydrogens is 590 g/mol. The molecule has 3 fully saturated rings. The van der Waals surface area contributed by atoms with Gasteiger partial charge in [0.1, 0.15) is 6.04 Å². The highest BCUT2D eigenvalue weighted by molar-refractivity contribution is 6.31. The van der Waals surface area contributed by atoms with Crippen LogP contribution in [-0.2, 0) is 17.8 Å². The molecule has 4 heterocycles. The average molecular weight is 636 g/mol. The van der Waals surface area contributed by atoms with Crippen LogP contribution < -0.4 is 10.6 Å². The highest BCUT2D eigenvalue weighted by atomic mass is 35.5. The van der Waals surface area contributed by atoms with Crippen LogP contribution in [0.25, 0.3) is 0 Å². The van der Waals surface area contributed by atoms with Crippen molar-refractivity contribution in [3.05, 3.63) is 64.2 Å². The molecule has 11 heteroatoms. The van der Waals surface area contributed by atoms with Crippen molar-refractivity contribution in [3.8, 4) is 0 Å². The highest BCUT2D eigenvalue weighted by Gasteiger charge is 2.35. The van der Waals surface area contributed by atoms with Crippen LogP contribution in [0.3, 0.4) is 0 Å². The van der Waals surface area contributed by atoms with Crippen molar-refractivity contribution >= 4 is 35.3 Å². The van der Waals surface area contributed by atoms with E-state index in [2.05, 4.69) is 27.5 Å². The van der Waals surface area contributed by atoms with Gasteiger partial charge in [-0.05, 0) is 68.5 Å². The van der Waals surface area contributed by atoms with E-state index in [1.165, 1.54) is 0 Å². The third-order valence-electron chi connectivity index (χ3n) is 10.1. The third-order valence-corrected chi connectivity index (χ3v) is 10.6. The first-order valence-corrected chi connectivity index (χ1v) is 16.8. The van der Waals surface area contributed by atoms with Crippen molar-refractivity contribution in [2.75, 3.05) is 64.7 Å². The van der Waals surface area contributed by atoms with Crippen LogP contribution in [0.4, 0.5) is 15.3 Å². The molecule has 0 aromatic heterocycles. The number of carbonyl (C=O) groups is 3. The van der Waals surface area contributed by atoms with Gasteiger partial charge in [0.15, 0.2) is 0 Å². The second kappa shape index (κ2) is 14.0. The van der Waals surface area contributed by atoms with Gasteiger partial charge in [-0.2, -0.15) is 0 Å². The molecule has 2 aromatic rings. The van der Waals surface area contributed by atoms with Gasteiger partial charge in [-0.3, -0.25) is 9.69 Å². The molecule has 1 atom stereocenters. The van der Waals surface area contributed by atoms with E-state index in [4.69, 9.17) is 11.6 Å². The monoisotopic (exact) mass is 635 g/mol. The van der Waals surface area contributed by atoms with Crippen molar-refractivity contribution in [2.24, 2.45) is 0 Å². The standard InChI is InChI=1S/C34H46ClN7O3/c1-24-21-25(7-8-29(24)35)22-31(32(43)40-13-9-27(10-14-40)39-19-17-38(2)18-20-39)37-33(44)41-15-11-28(12-16-41)42-23-26-5-3-4-6-30(26)36-34(42)45/h3-8,21,27-28,31H,9-20,22-23H2,1-2H3,(H,36,45)(H,37,44). The number of likely N-dealkylation sites (tertiary alicyclic amines) is 2. The van der Waals surface area contributed by atoms with Crippen LogP contribution in [0.2, 0.25) is 5.02 Å². The summed E-state index contributed by atoms with van der Waals surface area (Å²) in [5.41, 5.74) is 3.89. The van der Waals surface area contributed by atoms with E-state index in [1.807, 2.05) is 59.2 Å². The molecular formula is C34H46ClN7O3. The molecule has 0 saturated carbocycles. The molecule has 10 nitrogen and oxygen atoms in total. The lowest BCUT2D eigenvalue weighted by Crippen LogP contribution is -2.58. The van der Waals surface area contributed by atoms with E-state index >= 15 is 0 Å². The second-order valence-electron chi connectivity index (χ2n) is 13.1. The van der Waals surface area contributed by atoms with Gasteiger partial charge < -0.3 is 30.2 Å². The summed E-state index contributed by atoms with van der Waals surface area (Å²) in [5.74, 6) is -0.0219. The molecule has 242 valence electrons. The SMILES string of the molecule is Cc1cc(CC(NC(=O)N2CCC(N3Cc4ccccc4NC3=O)CC2)C(=O)N2CCC(N3CCN(C)CC3)CC2)ccc1Cl. The van der Waals surface area contributed by atoms with Crippen LogP contribution in [0.1, 0.15) is 42.4 Å². The highest BCUT2D eigenvalue weighted by Crippen LogP contribution is 2.28. The Kier molecular flexibility index (Phi) is 9.82. The summed E-state index contributed by atoms with van der Waals surface area (Å²) in [6.45, 7) is 9.32. The zero-order chi connectivity index (χ0) is 31.5. The van der Waals surface area contributed by atoms with Crippen molar-refractivity contribution < 1.29 is 14.4 Å². The van der Waals surface area contributed by atoms with Gasteiger partial charge in [-0.15, -0.1) is 0 Å². The predicted octanol–water partition coefficient (Wildman–Crippen LogP) is 4.02. The number of nitrogens with zero attached hydrogens (tertiary/aromatic N) is 5. The van der Waals surface area contributed by atoms with Gasteiger partial charge >= 0.3 is 12.1 Å². The first kappa shape index (κ1) is 31.6. The minimum Gasteiger partial charge on any atom is -0.341 e. The van der Waals surface area contributed by atoms with Crippen LogP contribution >= 0.6 is 11.6 Å². The van der Waals surface area contributed by atoms with Gasteiger partial charge in [-0.1, -0.05) is 41.9 Å².